The fourth-order valence-corrected chi connectivity index (χ4v) is 8.69. The van der Waals surface area contributed by atoms with Crippen molar-refractivity contribution in [2.75, 3.05) is 6.16 Å². The summed E-state index contributed by atoms with van der Waals surface area (Å²) < 4.78 is 0. The van der Waals surface area contributed by atoms with Gasteiger partial charge in [0.1, 0.15) is 0 Å². The fraction of sp³-hybridized carbons (Fsp3) is 0.208. The molecule has 3 aromatic rings. The van der Waals surface area contributed by atoms with Gasteiger partial charge in [-0.05, 0) is 0 Å². The van der Waals surface area contributed by atoms with Gasteiger partial charge in [0, 0.05) is 0 Å². The summed E-state index contributed by atoms with van der Waals surface area (Å²) in [7, 11) is -2.16. The molecule has 0 unspecified atom stereocenters. The second kappa shape index (κ2) is 8.92. The number of ketones is 1. The van der Waals surface area contributed by atoms with Gasteiger partial charge in [-0.15, -0.1) is 0 Å². The van der Waals surface area contributed by atoms with E-state index in [1.165, 1.54) is 15.9 Å². The Morgan fingerprint density at radius 3 is 1.42 bits per heavy atom. The topological polar surface area (TPSA) is 17.1 Å². The first kappa shape index (κ1) is 18.5. The van der Waals surface area contributed by atoms with Crippen molar-refractivity contribution in [1.29, 1.82) is 0 Å². The van der Waals surface area contributed by atoms with Crippen molar-refractivity contribution in [1.82, 2.24) is 0 Å². The summed E-state index contributed by atoms with van der Waals surface area (Å²) in [5, 5.41) is 4.25. The Labute approximate surface area is 157 Å². The van der Waals surface area contributed by atoms with Crippen LogP contribution in [-0.2, 0) is 4.79 Å². The zero-order valence-electron chi connectivity index (χ0n) is 15.4. The van der Waals surface area contributed by atoms with Gasteiger partial charge >= 0.3 is 157 Å². The standard InChI is InChI=1S/C24H27OP/c1-2-21(25)13-12-20-26(22-14-6-3-7-15-22,23-16-8-4-9-17-23)24-18-10-5-11-19-24/h3-11,14-19,26H,2,12-13,20H2,1H3. The summed E-state index contributed by atoms with van der Waals surface area (Å²) in [6.45, 7) is 1.96. The Morgan fingerprint density at radius 2 is 1.08 bits per heavy atom. The van der Waals surface area contributed by atoms with Crippen LogP contribution in [0.2, 0.25) is 0 Å². The van der Waals surface area contributed by atoms with Gasteiger partial charge in [0.15, 0.2) is 0 Å². The molecule has 3 aromatic carbocycles. The number of hydrogen-bond donors (Lipinski definition) is 0. The molecule has 134 valence electrons. The normalized spacial score (nSPS) is 11.9. The molecule has 2 heteroatoms. The van der Waals surface area contributed by atoms with Gasteiger partial charge in [-0.2, -0.15) is 0 Å². The van der Waals surface area contributed by atoms with Crippen LogP contribution in [0, 0.1) is 0 Å². The molecule has 0 aromatic heterocycles. The van der Waals surface area contributed by atoms with Gasteiger partial charge in [0.2, 0.25) is 0 Å². The van der Waals surface area contributed by atoms with Gasteiger partial charge in [0.25, 0.3) is 0 Å². The summed E-state index contributed by atoms with van der Waals surface area (Å²) in [5.41, 5.74) is 0. The van der Waals surface area contributed by atoms with Gasteiger partial charge in [-0.1, -0.05) is 0 Å². The van der Waals surface area contributed by atoms with E-state index >= 15 is 0 Å². The van der Waals surface area contributed by atoms with Crippen LogP contribution < -0.4 is 15.9 Å². The van der Waals surface area contributed by atoms with Crippen LogP contribution in [0.4, 0.5) is 0 Å². The average Bonchev–Trinajstić information content (AvgIpc) is 2.73. The van der Waals surface area contributed by atoms with E-state index in [4.69, 9.17) is 0 Å². The third-order valence-electron chi connectivity index (χ3n) is 5.20. The van der Waals surface area contributed by atoms with Gasteiger partial charge < -0.3 is 0 Å². The van der Waals surface area contributed by atoms with Crippen molar-refractivity contribution in [2.45, 2.75) is 26.2 Å². The van der Waals surface area contributed by atoms with E-state index in [2.05, 4.69) is 91.0 Å². The summed E-state index contributed by atoms with van der Waals surface area (Å²) in [6, 6.07) is 32.7. The van der Waals surface area contributed by atoms with Gasteiger partial charge in [-0.25, -0.2) is 0 Å². The quantitative estimate of drug-likeness (QED) is 0.540. The molecule has 0 bridgehead atoms. The number of Topliss-reactive ketones (excluding diaryl/α,β-unsaturated/α-hetero) is 1. The minimum atomic E-state index is -2.16. The number of carbonyl (C=O) groups is 1. The second-order valence-corrected chi connectivity index (χ2v) is 10.8. The maximum absolute atomic E-state index is 11.9. The Kier molecular flexibility index (Phi) is 6.36. The second-order valence-electron chi connectivity index (χ2n) is 6.75. The molecule has 3 rings (SSSR count). The first-order valence-corrected chi connectivity index (χ1v) is 11.7. The molecule has 0 N–H and O–H groups in total. The van der Waals surface area contributed by atoms with E-state index in [-0.39, 0.29) is 0 Å². The van der Waals surface area contributed by atoms with Crippen LogP contribution in [0.5, 0.6) is 0 Å². The fourth-order valence-electron chi connectivity index (χ4n) is 3.83. The molecule has 1 nitrogen and oxygen atoms in total. The van der Waals surface area contributed by atoms with Gasteiger partial charge in [0.05, 0.1) is 0 Å². The molecule has 0 saturated carbocycles. The van der Waals surface area contributed by atoms with E-state index in [0.717, 1.165) is 12.6 Å². The van der Waals surface area contributed by atoms with Crippen molar-refractivity contribution in [2.24, 2.45) is 0 Å². The predicted octanol–water partition coefficient (Wildman–Crippen LogP) is 4.47. The summed E-state index contributed by atoms with van der Waals surface area (Å²) in [5.74, 6) is 0.363. The molecule has 0 amide bonds. The average molecular weight is 362 g/mol. The maximum atomic E-state index is 11.9. The number of carbonyl (C=O) groups excluding carboxylic acids is 1. The zero-order chi connectivity index (χ0) is 18.2. The predicted molar refractivity (Wildman–Crippen MR) is 116 cm³/mol. The van der Waals surface area contributed by atoms with Crippen molar-refractivity contribution in [3.05, 3.63) is 91.0 Å². The van der Waals surface area contributed by atoms with Crippen LogP contribution in [0.1, 0.15) is 26.2 Å². The third-order valence-corrected chi connectivity index (χ3v) is 10.3. The van der Waals surface area contributed by atoms with Crippen LogP contribution in [0.25, 0.3) is 0 Å². The van der Waals surface area contributed by atoms with Crippen LogP contribution in [0.3, 0.4) is 0 Å². The monoisotopic (exact) mass is 362 g/mol. The van der Waals surface area contributed by atoms with E-state index < -0.39 is 7.26 Å². The van der Waals surface area contributed by atoms with E-state index in [9.17, 15) is 4.79 Å². The zero-order valence-corrected chi connectivity index (χ0v) is 16.4. The molecule has 0 fully saturated rings. The molecule has 0 heterocycles. The van der Waals surface area contributed by atoms with Crippen molar-refractivity contribution >= 4 is 29.0 Å². The molecule has 26 heavy (non-hydrogen) atoms. The molecular weight excluding hydrogens is 335 g/mol. The molecule has 0 aliphatic heterocycles. The minimum absolute atomic E-state index is 0.363. The Bertz CT molecular complexity index is 716. The molecule has 0 aliphatic rings. The van der Waals surface area contributed by atoms with Crippen LogP contribution >= 0.6 is 7.26 Å². The summed E-state index contributed by atoms with van der Waals surface area (Å²) >= 11 is 0. The first-order valence-electron chi connectivity index (χ1n) is 9.45. The molecule has 0 radical (unpaired) electrons. The van der Waals surface area contributed by atoms with Crippen LogP contribution in [0.15, 0.2) is 91.0 Å². The molecular formula is C24H27OP. The molecule has 0 saturated heterocycles. The first-order chi connectivity index (χ1) is 12.8. The summed E-state index contributed by atoms with van der Waals surface area (Å²) in [6.07, 6.45) is 3.31. The SMILES string of the molecule is CCC(=O)CCC[PH](c1ccccc1)(c1ccccc1)c1ccccc1. The van der Waals surface area contributed by atoms with Crippen molar-refractivity contribution in [3.63, 3.8) is 0 Å². The van der Waals surface area contributed by atoms with E-state index in [1.54, 1.807) is 0 Å². The Balaban J connectivity index is 2.13. The summed E-state index contributed by atoms with van der Waals surface area (Å²) in [4.78, 5) is 11.9. The molecule has 0 atom stereocenters. The van der Waals surface area contributed by atoms with Gasteiger partial charge in [-0.3, -0.25) is 0 Å². The number of hydrogen-bond acceptors (Lipinski definition) is 1. The van der Waals surface area contributed by atoms with E-state index in [1.807, 2.05) is 6.92 Å². The van der Waals surface area contributed by atoms with Crippen molar-refractivity contribution in [3.8, 4) is 0 Å². The van der Waals surface area contributed by atoms with E-state index in [0.29, 0.717) is 18.6 Å². The molecule has 0 spiro atoms. The number of rotatable bonds is 8. The molecule has 0 aliphatic carbocycles. The van der Waals surface area contributed by atoms with Crippen molar-refractivity contribution < 1.29 is 4.79 Å². The third kappa shape index (κ3) is 3.94. The van der Waals surface area contributed by atoms with Crippen LogP contribution in [-0.4, -0.2) is 11.9 Å². The number of benzene rings is 3. The Hall–Kier alpha value is -2.24. The Morgan fingerprint density at radius 1 is 0.692 bits per heavy atom.